The molecule has 0 fully saturated rings. The van der Waals surface area contributed by atoms with Crippen LogP contribution >= 0.6 is 33.9 Å². The number of rotatable bonds is 6. The van der Waals surface area contributed by atoms with E-state index in [4.69, 9.17) is 4.74 Å². The normalized spacial score (nSPS) is 10.8. The SMILES string of the molecule is COCCNCc1nc(-c2ccc(I)cc2)cs1. The standard InChI is InChI=1S/C13H15IN2OS/c1-17-7-6-15-8-13-16-12(9-18-13)10-2-4-11(14)5-3-10/h2-5,9,15H,6-8H2,1H3. The van der Waals surface area contributed by atoms with Crippen molar-refractivity contribution in [3.05, 3.63) is 38.2 Å². The number of benzene rings is 1. The Labute approximate surface area is 125 Å². The summed E-state index contributed by atoms with van der Waals surface area (Å²) < 4.78 is 6.23. The lowest BCUT2D eigenvalue weighted by molar-refractivity contribution is 0.199. The summed E-state index contributed by atoms with van der Waals surface area (Å²) in [5, 5.41) is 6.52. The molecule has 0 amide bonds. The summed E-state index contributed by atoms with van der Waals surface area (Å²) >= 11 is 4.00. The highest BCUT2D eigenvalue weighted by molar-refractivity contribution is 14.1. The highest BCUT2D eigenvalue weighted by atomic mass is 127. The van der Waals surface area contributed by atoms with Crippen LogP contribution in [0.2, 0.25) is 0 Å². The number of methoxy groups -OCH3 is 1. The first kappa shape index (κ1) is 13.9. The van der Waals surface area contributed by atoms with Crippen molar-refractivity contribution in [2.24, 2.45) is 0 Å². The predicted octanol–water partition coefficient (Wildman–Crippen LogP) is 3.15. The molecule has 0 radical (unpaired) electrons. The number of halogens is 1. The molecule has 2 aromatic rings. The predicted molar refractivity (Wildman–Crippen MR) is 83.8 cm³/mol. The zero-order valence-corrected chi connectivity index (χ0v) is 13.1. The number of aromatic nitrogens is 1. The smallest absolute Gasteiger partial charge is 0.107 e. The molecule has 0 aliphatic rings. The Kier molecular flexibility index (Phi) is 5.55. The van der Waals surface area contributed by atoms with Gasteiger partial charge in [-0.3, -0.25) is 0 Å². The van der Waals surface area contributed by atoms with Crippen LogP contribution in [0.5, 0.6) is 0 Å². The van der Waals surface area contributed by atoms with Gasteiger partial charge in [0, 0.05) is 34.7 Å². The first-order chi connectivity index (χ1) is 8.79. The fraction of sp³-hybridized carbons (Fsp3) is 0.308. The van der Waals surface area contributed by atoms with E-state index in [9.17, 15) is 0 Å². The Morgan fingerprint density at radius 3 is 2.83 bits per heavy atom. The summed E-state index contributed by atoms with van der Waals surface area (Å²) in [5.41, 5.74) is 2.23. The van der Waals surface area contributed by atoms with Gasteiger partial charge in [0.15, 0.2) is 0 Å². The van der Waals surface area contributed by atoms with Gasteiger partial charge < -0.3 is 10.1 Å². The van der Waals surface area contributed by atoms with Crippen LogP contribution in [0, 0.1) is 3.57 Å². The molecular weight excluding hydrogens is 359 g/mol. The third-order valence-electron chi connectivity index (χ3n) is 2.45. The molecule has 1 aromatic carbocycles. The summed E-state index contributed by atoms with van der Waals surface area (Å²) in [6.45, 7) is 2.39. The van der Waals surface area contributed by atoms with Crippen molar-refractivity contribution in [2.75, 3.05) is 20.3 Å². The van der Waals surface area contributed by atoms with Crippen molar-refractivity contribution in [2.45, 2.75) is 6.54 Å². The Morgan fingerprint density at radius 2 is 2.11 bits per heavy atom. The Bertz CT molecular complexity index is 484. The van der Waals surface area contributed by atoms with E-state index in [-0.39, 0.29) is 0 Å². The number of nitrogens with one attached hydrogen (secondary N) is 1. The molecule has 18 heavy (non-hydrogen) atoms. The Hall–Kier alpha value is -0.500. The van der Waals surface area contributed by atoms with Gasteiger partial charge in [-0.25, -0.2) is 4.98 Å². The Morgan fingerprint density at radius 1 is 1.33 bits per heavy atom. The molecular formula is C13H15IN2OS. The summed E-state index contributed by atoms with van der Waals surface area (Å²) in [6.07, 6.45) is 0. The van der Waals surface area contributed by atoms with Gasteiger partial charge in [-0.1, -0.05) is 12.1 Å². The van der Waals surface area contributed by atoms with Crippen LogP contribution in [0.15, 0.2) is 29.6 Å². The van der Waals surface area contributed by atoms with E-state index in [1.807, 2.05) is 0 Å². The van der Waals surface area contributed by atoms with E-state index in [1.54, 1.807) is 18.4 Å². The lowest BCUT2D eigenvalue weighted by Crippen LogP contribution is -2.18. The van der Waals surface area contributed by atoms with Crippen molar-refractivity contribution < 1.29 is 4.74 Å². The Balaban J connectivity index is 1.95. The molecule has 0 unspecified atom stereocenters. The van der Waals surface area contributed by atoms with Gasteiger partial charge in [0.05, 0.1) is 12.3 Å². The molecule has 1 aromatic heterocycles. The van der Waals surface area contributed by atoms with Crippen LogP contribution in [0.3, 0.4) is 0 Å². The first-order valence-electron chi connectivity index (χ1n) is 5.69. The van der Waals surface area contributed by atoms with E-state index in [2.05, 4.69) is 62.5 Å². The molecule has 0 saturated carbocycles. The fourth-order valence-electron chi connectivity index (χ4n) is 1.51. The third kappa shape index (κ3) is 4.01. The highest BCUT2D eigenvalue weighted by Gasteiger charge is 2.04. The molecule has 0 bridgehead atoms. The molecule has 1 heterocycles. The summed E-state index contributed by atoms with van der Waals surface area (Å²) in [6, 6.07) is 8.43. The minimum Gasteiger partial charge on any atom is -0.383 e. The molecule has 0 saturated heterocycles. The molecule has 96 valence electrons. The van der Waals surface area contributed by atoms with Crippen molar-refractivity contribution in [1.82, 2.24) is 10.3 Å². The average molecular weight is 374 g/mol. The van der Waals surface area contributed by atoms with Gasteiger partial charge in [0.1, 0.15) is 5.01 Å². The van der Waals surface area contributed by atoms with Gasteiger partial charge in [0.2, 0.25) is 0 Å². The monoisotopic (exact) mass is 374 g/mol. The fourth-order valence-corrected chi connectivity index (χ4v) is 2.65. The zero-order chi connectivity index (χ0) is 12.8. The topological polar surface area (TPSA) is 34.1 Å². The maximum absolute atomic E-state index is 4.99. The van der Waals surface area contributed by atoms with Crippen LogP contribution in [0.4, 0.5) is 0 Å². The first-order valence-corrected chi connectivity index (χ1v) is 7.65. The molecule has 1 N–H and O–H groups in total. The maximum Gasteiger partial charge on any atom is 0.107 e. The van der Waals surface area contributed by atoms with Crippen molar-refractivity contribution in [3.8, 4) is 11.3 Å². The third-order valence-corrected chi connectivity index (χ3v) is 4.02. The number of hydrogen-bond acceptors (Lipinski definition) is 4. The lowest BCUT2D eigenvalue weighted by Gasteiger charge is -2.00. The second kappa shape index (κ2) is 7.18. The van der Waals surface area contributed by atoms with Gasteiger partial charge in [0.25, 0.3) is 0 Å². The maximum atomic E-state index is 4.99. The van der Waals surface area contributed by atoms with E-state index >= 15 is 0 Å². The molecule has 2 rings (SSSR count). The molecule has 5 heteroatoms. The van der Waals surface area contributed by atoms with Crippen molar-refractivity contribution in [1.29, 1.82) is 0 Å². The number of nitrogens with zero attached hydrogens (tertiary/aromatic N) is 1. The van der Waals surface area contributed by atoms with Crippen LogP contribution in [-0.4, -0.2) is 25.2 Å². The lowest BCUT2D eigenvalue weighted by atomic mass is 10.2. The van der Waals surface area contributed by atoms with Gasteiger partial charge in [-0.05, 0) is 34.7 Å². The summed E-state index contributed by atoms with van der Waals surface area (Å²) in [4.78, 5) is 4.62. The largest absolute Gasteiger partial charge is 0.383 e. The van der Waals surface area contributed by atoms with E-state index in [0.29, 0.717) is 0 Å². The zero-order valence-electron chi connectivity index (χ0n) is 10.1. The second-order valence-electron chi connectivity index (χ2n) is 3.80. The van der Waals surface area contributed by atoms with E-state index in [1.165, 1.54) is 9.13 Å². The molecule has 0 atom stereocenters. The van der Waals surface area contributed by atoms with Gasteiger partial charge in [-0.15, -0.1) is 11.3 Å². The van der Waals surface area contributed by atoms with Crippen molar-refractivity contribution >= 4 is 33.9 Å². The number of hydrogen-bond donors (Lipinski definition) is 1. The minimum absolute atomic E-state index is 0.732. The molecule has 0 aliphatic carbocycles. The molecule has 0 aliphatic heterocycles. The summed E-state index contributed by atoms with van der Waals surface area (Å²) in [7, 11) is 1.71. The number of ether oxygens (including phenoxy) is 1. The second-order valence-corrected chi connectivity index (χ2v) is 5.99. The van der Waals surface area contributed by atoms with Crippen LogP contribution < -0.4 is 5.32 Å². The molecule has 3 nitrogen and oxygen atoms in total. The van der Waals surface area contributed by atoms with Gasteiger partial charge in [-0.2, -0.15) is 0 Å². The quantitative estimate of drug-likeness (QED) is 0.623. The van der Waals surface area contributed by atoms with Crippen molar-refractivity contribution in [3.63, 3.8) is 0 Å². The van der Waals surface area contributed by atoms with Crippen LogP contribution in [-0.2, 0) is 11.3 Å². The summed E-state index contributed by atoms with van der Waals surface area (Å²) in [5.74, 6) is 0. The van der Waals surface area contributed by atoms with Crippen LogP contribution in [0.1, 0.15) is 5.01 Å². The van der Waals surface area contributed by atoms with E-state index in [0.717, 1.165) is 30.4 Å². The van der Waals surface area contributed by atoms with Crippen LogP contribution in [0.25, 0.3) is 11.3 Å². The van der Waals surface area contributed by atoms with E-state index < -0.39 is 0 Å². The highest BCUT2D eigenvalue weighted by Crippen LogP contribution is 2.22. The number of thiazole rings is 1. The van der Waals surface area contributed by atoms with Gasteiger partial charge >= 0.3 is 0 Å². The minimum atomic E-state index is 0.732. The molecule has 0 spiro atoms. The average Bonchev–Trinajstić information content (AvgIpc) is 2.84.